The van der Waals surface area contributed by atoms with E-state index < -0.39 is 0 Å². The van der Waals surface area contributed by atoms with Crippen molar-refractivity contribution in [3.63, 3.8) is 0 Å². The number of nitrogens with zero attached hydrogens (tertiary/aromatic N) is 2. The molecular weight excluding hydrogens is 340 g/mol. The second-order valence-electron chi connectivity index (χ2n) is 5.95. The number of benzene rings is 2. The van der Waals surface area contributed by atoms with Gasteiger partial charge in [0.25, 0.3) is 0 Å². The summed E-state index contributed by atoms with van der Waals surface area (Å²) in [6.07, 6.45) is 0. The molecule has 0 bridgehead atoms. The van der Waals surface area contributed by atoms with Gasteiger partial charge in [0.2, 0.25) is 0 Å². The molecule has 0 atom stereocenters. The number of guanidine groups is 1. The monoisotopic (exact) mass is 364 g/mol. The number of methoxy groups -OCH3 is 1. The summed E-state index contributed by atoms with van der Waals surface area (Å²) < 4.78 is 10.7. The maximum Gasteiger partial charge on any atom is 0.191 e. The van der Waals surface area contributed by atoms with Crippen LogP contribution in [0.2, 0.25) is 0 Å². The van der Waals surface area contributed by atoms with E-state index in [1.807, 2.05) is 67.6 Å². The van der Waals surface area contributed by atoms with Crippen molar-refractivity contribution in [1.29, 1.82) is 0 Å². The minimum absolute atomic E-state index is 0.528. The molecule has 0 saturated carbocycles. The lowest BCUT2D eigenvalue weighted by atomic mass is 10.2. The molecule has 0 aliphatic heterocycles. The van der Waals surface area contributed by atoms with Crippen LogP contribution in [0.1, 0.15) is 18.2 Å². The summed E-state index contributed by atoms with van der Waals surface area (Å²) in [7, 11) is 1.66. The molecule has 2 N–H and O–H groups in total. The third kappa shape index (κ3) is 5.34. The first-order valence-electron chi connectivity index (χ1n) is 8.94. The first kappa shape index (κ1) is 18.5. The van der Waals surface area contributed by atoms with Crippen LogP contribution in [0.25, 0.3) is 11.3 Å². The lowest BCUT2D eigenvalue weighted by molar-refractivity contribution is 0.414. The number of aromatic nitrogens is 1. The highest BCUT2D eigenvalue weighted by Gasteiger charge is 2.07. The molecule has 3 aromatic rings. The average Bonchev–Trinajstić information content (AvgIpc) is 3.20. The molecular formula is C21H24N4O2. The van der Waals surface area contributed by atoms with E-state index in [1.54, 1.807) is 7.11 Å². The lowest BCUT2D eigenvalue weighted by Gasteiger charge is -2.10. The van der Waals surface area contributed by atoms with Crippen molar-refractivity contribution in [2.45, 2.75) is 20.0 Å². The van der Waals surface area contributed by atoms with E-state index in [4.69, 9.17) is 9.26 Å². The second kappa shape index (κ2) is 9.43. The Morgan fingerprint density at radius 2 is 1.93 bits per heavy atom. The predicted octanol–water partition coefficient (Wildman–Crippen LogP) is 3.61. The van der Waals surface area contributed by atoms with E-state index in [2.05, 4.69) is 20.8 Å². The zero-order valence-electron chi connectivity index (χ0n) is 15.6. The van der Waals surface area contributed by atoms with Gasteiger partial charge in [-0.05, 0) is 24.6 Å². The molecule has 0 aliphatic rings. The van der Waals surface area contributed by atoms with Crippen LogP contribution in [-0.2, 0) is 13.1 Å². The van der Waals surface area contributed by atoms with Gasteiger partial charge in [0.15, 0.2) is 11.7 Å². The fourth-order valence-corrected chi connectivity index (χ4v) is 2.59. The number of rotatable bonds is 7. The number of hydrogen-bond donors (Lipinski definition) is 2. The summed E-state index contributed by atoms with van der Waals surface area (Å²) in [6, 6.07) is 19.8. The maximum absolute atomic E-state index is 5.43. The largest absolute Gasteiger partial charge is 0.497 e. The molecule has 2 aromatic carbocycles. The van der Waals surface area contributed by atoms with Gasteiger partial charge < -0.3 is 19.9 Å². The Morgan fingerprint density at radius 3 is 2.70 bits per heavy atom. The van der Waals surface area contributed by atoms with Gasteiger partial charge in [-0.1, -0.05) is 47.6 Å². The first-order valence-corrected chi connectivity index (χ1v) is 8.94. The summed E-state index contributed by atoms with van der Waals surface area (Å²) >= 11 is 0. The second-order valence-corrected chi connectivity index (χ2v) is 5.95. The predicted molar refractivity (Wildman–Crippen MR) is 107 cm³/mol. The van der Waals surface area contributed by atoms with Gasteiger partial charge in [-0.15, -0.1) is 0 Å². The van der Waals surface area contributed by atoms with Crippen LogP contribution in [0.4, 0.5) is 0 Å². The van der Waals surface area contributed by atoms with Crippen LogP contribution >= 0.6 is 0 Å². The van der Waals surface area contributed by atoms with Gasteiger partial charge in [-0.3, -0.25) is 0 Å². The minimum Gasteiger partial charge on any atom is -0.497 e. The fraction of sp³-hybridized carbons (Fsp3) is 0.238. The van der Waals surface area contributed by atoms with Crippen molar-refractivity contribution < 1.29 is 9.26 Å². The number of aliphatic imine (C=N–C) groups is 1. The van der Waals surface area contributed by atoms with Gasteiger partial charge in [0, 0.05) is 18.2 Å². The normalized spacial score (nSPS) is 11.3. The smallest absolute Gasteiger partial charge is 0.191 e. The van der Waals surface area contributed by atoms with E-state index in [0.717, 1.165) is 40.8 Å². The Balaban J connectivity index is 1.62. The van der Waals surface area contributed by atoms with Crippen LogP contribution in [0.15, 0.2) is 70.2 Å². The van der Waals surface area contributed by atoms with Crippen molar-refractivity contribution in [3.8, 4) is 17.1 Å². The average molecular weight is 364 g/mol. The number of hydrogen-bond acceptors (Lipinski definition) is 4. The Labute approximate surface area is 159 Å². The molecule has 140 valence electrons. The molecule has 0 amide bonds. The van der Waals surface area contributed by atoms with E-state index in [-0.39, 0.29) is 0 Å². The quantitative estimate of drug-likeness (QED) is 0.495. The van der Waals surface area contributed by atoms with E-state index in [1.165, 1.54) is 0 Å². The molecule has 1 heterocycles. The van der Waals surface area contributed by atoms with Crippen molar-refractivity contribution in [1.82, 2.24) is 15.8 Å². The zero-order chi connectivity index (χ0) is 18.9. The molecule has 0 unspecified atom stereocenters. The summed E-state index contributed by atoms with van der Waals surface area (Å²) in [5, 5.41) is 10.7. The number of ether oxygens (including phenoxy) is 1. The first-order chi connectivity index (χ1) is 13.3. The SMILES string of the molecule is CCNC(=NCc1cccc(OC)c1)NCc1cc(-c2ccccc2)on1. The molecule has 0 spiro atoms. The fourth-order valence-electron chi connectivity index (χ4n) is 2.59. The molecule has 0 radical (unpaired) electrons. The Morgan fingerprint density at radius 1 is 1.07 bits per heavy atom. The third-order valence-corrected chi connectivity index (χ3v) is 3.95. The molecule has 6 nitrogen and oxygen atoms in total. The van der Waals surface area contributed by atoms with E-state index in [9.17, 15) is 0 Å². The van der Waals surface area contributed by atoms with Crippen molar-refractivity contribution >= 4 is 5.96 Å². The molecule has 1 aromatic heterocycles. The molecule has 0 aliphatic carbocycles. The topological polar surface area (TPSA) is 71.7 Å². The molecule has 27 heavy (non-hydrogen) atoms. The summed E-state index contributed by atoms with van der Waals surface area (Å²) in [5.74, 6) is 2.31. The van der Waals surface area contributed by atoms with E-state index >= 15 is 0 Å². The van der Waals surface area contributed by atoms with Crippen LogP contribution in [-0.4, -0.2) is 24.8 Å². The summed E-state index contributed by atoms with van der Waals surface area (Å²) in [6.45, 7) is 3.89. The molecule has 0 fully saturated rings. The van der Waals surface area contributed by atoms with Gasteiger partial charge in [0.05, 0.1) is 20.2 Å². The Kier molecular flexibility index (Phi) is 6.46. The minimum atomic E-state index is 0.528. The Bertz CT molecular complexity index is 875. The highest BCUT2D eigenvalue weighted by Crippen LogP contribution is 2.19. The van der Waals surface area contributed by atoms with Gasteiger partial charge in [-0.2, -0.15) is 0 Å². The van der Waals surface area contributed by atoms with Gasteiger partial charge in [0.1, 0.15) is 11.4 Å². The molecule has 0 saturated heterocycles. The van der Waals surface area contributed by atoms with Crippen LogP contribution in [0.3, 0.4) is 0 Å². The standard InChI is InChI=1S/C21H24N4O2/c1-3-22-21(23-14-16-8-7-11-19(12-16)26-2)24-15-18-13-20(27-25-18)17-9-5-4-6-10-17/h4-13H,3,14-15H2,1-2H3,(H2,22,23,24). The van der Waals surface area contributed by atoms with Gasteiger partial charge >= 0.3 is 0 Å². The van der Waals surface area contributed by atoms with Crippen molar-refractivity contribution in [2.75, 3.05) is 13.7 Å². The lowest BCUT2D eigenvalue weighted by Crippen LogP contribution is -2.36. The van der Waals surface area contributed by atoms with Crippen LogP contribution < -0.4 is 15.4 Å². The maximum atomic E-state index is 5.43. The molecule has 3 rings (SSSR count). The summed E-state index contributed by atoms with van der Waals surface area (Å²) in [4.78, 5) is 4.62. The molecule has 6 heteroatoms. The number of nitrogens with one attached hydrogen (secondary N) is 2. The third-order valence-electron chi connectivity index (χ3n) is 3.95. The summed E-state index contributed by atoms with van der Waals surface area (Å²) in [5.41, 5.74) is 2.91. The van der Waals surface area contributed by atoms with Crippen LogP contribution in [0.5, 0.6) is 5.75 Å². The Hall–Kier alpha value is -3.28. The van der Waals surface area contributed by atoms with Crippen LogP contribution in [0, 0.1) is 0 Å². The van der Waals surface area contributed by atoms with Crippen molar-refractivity contribution in [3.05, 3.63) is 71.9 Å². The van der Waals surface area contributed by atoms with E-state index in [0.29, 0.717) is 13.1 Å². The van der Waals surface area contributed by atoms with Gasteiger partial charge in [-0.25, -0.2) is 4.99 Å². The highest BCUT2D eigenvalue weighted by molar-refractivity contribution is 5.79. The van der Waals surface area contributed by atoms with Crippen molar-refractivity contribution in [2.24, 2.45) is 4.99 Å². The zero-order valence-corrected chi connectivity index (χ0v) is 15.6. The highest BCUT2D eigenvalue weighted by atomic mass is 16.5.